The molecule has 0 fully saturated rings. The average molecular weight is 217 g/mol. The van der Waals surface area contributed by atoms with Gasteiger partial charge in [0.25, 0.3) is 0 Å². The topological polar surface area (TPSA) is 58.8 Å². The van der Waals surface area contributed by atoms with Gasteiger partial charge in [0, 0.05) is 5.56 Å². The summed E-state index contributed by atoms with van der Waals surface area (Å²) in [6.45, 7) is 3.82. The van der Waals surface area contributed by atoms with E-state index in [9.17, 15) is 5.11 Å². The van der Waals surface area contributed by atoms with Gasteiger partial charge in [-0.3, -0.25) is 0 Å². The van der Waals surface area contributed by atoms with Crippen LogP contribution in [0.15, 0.2) is 22.7 Å². The molecule has 0 aliphatic carbocycles. The van der Waals surface area contributed by atoms with Gasteiger partial charge in [0.1, 0.15) is 0 Å². The lowest BCUT2D eigenvalue weighted by Gasteiger charge is -2.01. The molecule has 2 aromatic rings. The molecule has 2 rings (SSSR count). The first kappa shape index (κ1) is 10.8. The number of hydrogen-bond donors (Lipinski definition) is 0. The Labute approximate surface area is 93.9 Å². The van der Waals surface area contributed by atoms with Gasteiger partial charge in [-0.25, -0.2) is 5.11 Å². The van der Waals surface area contributed by atoms with E-state index in [0.717, 1.165) is 11.1 Å². The van der Waals surface area contributed by atoms with Crippen molar-refractivity contribution in [1.82, 2.24) is 10.1 Å². The van der Waals surface area contributed by atoms with E-state index < -0.39 is 0 Å². The molecule has 0 spiro atoms. The van der Waals surface area contributed by atoms with Crippen LogP contribution in [0.25, 0.3) is 11.4 Å². The van der Waals surface area contributed by atoms with Gasteiger partial charge in [-0.2, -0.15) is 4.98 Å². The lowest BCUT2D eigenvalue weighted by atomic mass is 10.1. The molecule has 0 saturated heterocycles. The Hall–Kier alpha value is -1.68. The molecular weight excluding hydrogens is 204 g/mol. The normalized spacial score (nSPS) is 10.7. The quantitative estimate of drug-likeness (QED) is 0.792. The van der Waals surface area contributed by atoms with Crippen molar-refractivity contribution in [3.8, 4) is 11.4 Å². The Morgan fingerprint density at radius 3 is 2.81 bits per heavy atom. The van der Waals surface area contributed by atoms with E-state index in [1.807, 2.05) is 26.0 Å². The van der Waals surface area contributed by atoms with Gasteiger partial charge in [-0.15, -0.1) is 0 Å². The summed E-state index contributed by atoms with van der Waals surface area (Å²) >= 11 is 0. The predicted octanol–water partition coefficient (Wildman–Crippen LogP) is 2.33. The van der Waals surface area contributed by atoms with E-state index in [-0.39, 0.29) is 13.0 Å². The van der Waals surface area contributed by atoms with Crippen LogP contribution in [-0.4, -0.2) is 16.7 Å². The van der Waals surface area contributed by atoms with E-state index in [4.69, 9.17) is 4.52 Å². The van der Waals surface area contributed by atoms with E-state index in [1.54, 1.807) is 0 Å². The van der Waals surface area contributed by atoms with Crippen LogP contribution >= 0.6 is 0 Å². The molecule has 0 N–H and O–H groups in total. The monoisotopic (exact) mass is 217 g/mol. The third-order valence-electron chi connectivity index (χ3n) is 2.41. The minimum absolute atomic E-state index is 0.228. The van der Waals surface area contributed by atoms with Gasteiger partial charge in [-0.05, 0) is 19.4 Å². The maximum Gasteiger partial charge on any atom is 0.229 e. The van der Waals surface area contributed by atoms with Gasteiger partial charge in [0.2, 0.25) is 11.7 Å². The van der Waals surface area contributed by atoms with Crippen LogP contribution in [0.5, 0.6) is 0 Å². The molecule has 0 aliphatic heterocycles. The molecule has 0 aliphatic rings. The molecule has 16 heavy (non-hydrogen) atoms. The molecule has 1 radical (unpaired) electrons. The van der Waals surface area contributed by atoms with Crippen molar-refractivity contribution in [2.45, 2.75) is 20.3 Å². The molecule has 0 amide bonds. The summed E-state index contributed by atoms with van der Waals surface area (Å²) in [6, 6.07) is 6.04. The minimum Gasteiger partial charge on any atom is -0.339 e. The second kappa shape index (κ2) is 4.45. The van der Waals surface area contributed by atoms with Crippen LogP contribution < -0.4 is 0 Å². The standard InChI is InChI=1S/C12H13N2O2/c1-8-3-4-10(9(2)7-8)12-13-11(5-6-15)16-14-12/h3-4,7H,5-6H2,1-2H3. The molecule has 1 aromatic heterocycles. The van der Waals surface area contributed by atoms with E-state index in [2.05, 4.69) is 16.2 Å². The van der Waals surface area contributed by atoms with Crippen molar-refractivity contribution in [3.05, 3.63) is 35.2 Å². The zero-order valence-electron chi connectivity index (χ0n) is 9.36. The summed E-state index contributed by atoms with van der Waals surface area (Å²) < 4.78 is 4.98. The highest BCUT2D eigenvalue weighted by Crippen LogP contribution is 2.21. The fourth-order valence-electron chi connectivity index (χ4n) is 1.62. The summed E-state index contributed by atoms with van der Waals surface area (Å²) in [4.78, 5) is 4.18. The van der Waals surface area contributed by atoms with E-state index in [0.29, 0.717) is 11.7 Å². The van der Waals surface area contributed by atoms with Crippen molar-refractivity contribution in [2.24, 2.45) is 0 Å². The van der Waals surface area contributed by atoms with E-state index in [1.165, 1.54) is 5.56 Å². The zero-order chi connectivity index (χ0) is 11.5. The molecule has 83 valence electrons. The molecule has 1 heterocycles. The van der Waals surface area contributed by atoms with Crippen LogP contribution in [0.3, 0.4) is 0 Å². The van der Waals surface area contributed by atoms with Gasteiger partial charge in [-0.1, -0.05) is 28.9 Å². The molecule has 1 aromatic carbocycles. The number of aryl methyl sites for hydroxylation is 2. The summed E-state index contributed by atoms with van der Waals surface area (Å²) in [5, 5.41) is 14.3. The summed E-state index contributed by atoms with van der Waals surface area (Å²) in [5.74, 6) is 0.964. The van der Waals surface area contributed by atoms with Crippen molar-refractivity contribution in [3.63, 3.8) is 0 Å². The Kier molecular flexibility index (Phi) is 3.01. The lowest BCUT2D eigenvalue weighted by Crippen LogP contribution is -1.90. The smallest absolute Gasteiger partial charge is 0.229 e. The number of aromatic nitrogens is 2. The molecule has 4 heteroatoms. The Morgan fingerprint density at radius 2 is 2.12 bits per heavy atom. The summed E-state index contributed by atoms with van der Waals surface area (Å²) in [5.41, 5.74) is 3.26. The van der Waals surface area contributed by atoms with Crippen LogP contribution in [0.1, 0.15) is 17.0 Å². The van der Waals surface area contributed by atoms with Crippen molar-refractivity contribution in [1.29, 1.82) is 0 Å². The first-order valence-corrected chi connectivity index (χ1v) is 5.19. The fourth-order valence-corrected chi connectivity index (χ4v) is 1.62. The summed E-state index contributed by atoms with van der Waals surface area (Å²) in [7, 11) is 0. The third-order valence-corrected chi connectivity index (χ3v) is 2.41. The number of rotatable bonds is 3. The van der Waals surface area contributed by atoms with Gasteiger partial charge in [0.15, 0.2) is 0 Å². The zero-order valence-corrected chi connectivity index (χ0v) is 9.36. The maximum atomic E-state index is 10.4. The maximum absolute atomic E-state index is 10.4. The Morgan fingerprint density at radius 1 is 1.31 bits per heavy atom. The molecule has 0 saturated carbocycles. The molecular formula is C12H13N2O2. The van der Waals surface area contributed by atoms with Crippen molar-refractivity contribution < 1.29 is 9.63 Å². The summed E-state index contributed by atoms with van der Waals surface area (Å²) in [6.07, 6.45) is 0.290. The molecule has 4 nitrogen and oxygen atoms in total. The predicted molar refractivity (Wildman–Crippen MR) is 58.5 cm³/mol. The van der Waals surface area contributed by atoms with Crippen LogP contribution in [-0.2, 0) is 11.5 Å². The third kappa shape index (κ3) is 2.12. The van der Waals surface area contributed by atoms with Crippen molar-refractivity contribution in [2.75, 3.05) is 6.61 Å². The minimum atomic E-state index is -0.228. The number of hydrogen-bond acceptors (Lipinski definition) is 3. The highest BCUT2D eigenvalue weighted by molar-refractivity contribution is 5.59. The largest absolute Gasteiger partial charge is 0.339 e. The van der Waals surface area contributed by atoms with Gasteiger partial charge < -0.3 is 4.52 Å². The van der Waals surface area contributed by atoms with Crippen molar-refractivity contribution >= 4 is 0 Å². The average Bonchev–Trinajstić information content (AvgIpc) is 2.67. The second-order valence-electron chi connectivity index (χ2n) is 3.78. The number of benzene rings is 1. The van der Waals surface area contributed by atoms with Crippen LogP contribution in [0.4, 0.5) is 0 Å². The Bertz CT molecular complexity index is 492. The molecule has 0 atom stereocenters. The van der Waals surface area contributed by atoms with E-state index >= 15 is 0 Å². The van der Waals surface area contributed by atoms with Crippen LogP contribution in [0.2, 0.25) is 0 Å². The molecule has 0 unspecified atom stereocenters. The lowest BCUT2D eigenvalue weighted by molar-refractivity contribution is 0.186. The molecule has 0 bridgehead atoms. The number of nitrogens with zero attached hydrogens (tertiary/aromatic N) is 2. The van der Waals surface area contributed by atoms with Gasteiger partial charge >= 0.3 is 0 Å². The highest BCUT2D eigenvalue weighted by Gasteiger charge is 2.10. The SMILES string of the molecule is Cc1ccc(-c2noc(CC[O])n2)c(C)c1. The first-order chi connectivity index (χ1) is 7.70. The Balaban J connectivity index is 2.35. The van der Waals surface area contributed by atoms with Crippen LogP contribution in [0, 0.1) is 13.8 Å². The van der Waals surface area contributed by atoms with Gasteiger partial charge in [0.05, 0.1) is 13.0 Å². The second-order valence-corrected chi connectivity index (χ2v) is 3.78. The highest BCUT2D eigenvalue weighted by atomic mass is 16.5. The first-order valence-electron chi connectivity index (χ1n) is 5.19. The fraction of sp³-hybridized carbons (Fsp3) is 0.333.